The maximum Gasteiger partial charge on any atom is 0.253 e. The minimum atomic E-state index is -0.190. The highest BCUT2D eigenvalue weighted by molar-refractivity contribution is 5.99. The normalized spacial score (nSPS) is 16.2. The van der Waals surface area contributed by atoms with Crippen molar-refractivity contribution in [3.05, 3.63) is 74.8 Å². The molecule has 1 aromatic carbocycles. The molecule has 4 heterocycles. The first-order chi connectivity index (χ1) is 21.3. The van der Waals surface area contributed by atoms with Crippen LogP contribution in [0.3, 0.4) is 0 Å². The van der Waals surface area contributed by atoms with Gasteiger partial charge in [-0.05, 0) is 99.9 Å². The fraction of sp³-hybridized carbons (Fsp3) is 0.514. The van der Waals surface area contributed by atoms with Crippen LogP contribution in [0.4, 0.5) is 11.5 Å². The van der Waals surface area contributed by atoms with Crippen LogP contribution in [-0.4, -0.2) is 60.8 Å². The zero-order valence-corrected chi connectivity index (χ0v) is 26.7. The van der Waals surface area contributed by atoms with Crippen molar-refractivity contribution in [1.29, 1.82) is 0 Å². The Morgan fingerprint density at radius 2 is 1.84 bits per heavy atom. The van der Waals surface area contributed by atoms with Gasteiger partial charge in [-0.25, -0.2) is 4.98 Å². The number of nitrogens with one attached hydrogen (secondary N) is 2. The first-order valence-corrected chi connectivity index (χ1v) is 16.2. The lowest BCUT2D eigenvalue weighted by atomic mass is 9.95. The minimum Gasteiger partial charge on any atom is -0.381 e. The van der Waals surface area contributed by atoms with Gasteiger partial charge in [0.25, 0.3) is 11.5 Å². The van der Waals surface area contributed by atoms with E-state index in [0.717, 1.165) is 111 Å². The quantitative estimate of drug-likeness (QED) is 0.304. The van der Waals surface area contributed by atoms with E-state index in [1.807, 2.05) is 32.2 Å². The summed E-state index contributed by atoms with van der Waals surface area (Å²) in [4.78, 5) is 39.2. The van der Waals surface area contributed by atoms with E-state index in [1.165, 1.54) is 0 Å². The first-order valence-electron chi connectivity index (χ1n) is 16.2. The van der Waals surface area contributed by atoms with Crippen molar-refractivity contribution < 1.29 is 9.53 Å². The van der Waals surface area contributed by atoms with Crippen molar-refractivity contribution in [3.8, 4) is 11.1 Å². The van der Waals surface area contributed by atoms with E-state index >= 15 is 0 Å². The number of benzene rings is 1. The van der Waals surface area contributed by atoms with Gasteiger partial charge in [-0.1, -0.05) is 13.3 Å². The second-order valence-corrected chi connectivity index (χ2v) is 12.2. The number of carbonyl (C=O) groups excluding carboxylic acids is 1. The number of nitrogens with zero attached hydrogens (tertiary/aromatic N) is 3. The predicted octanol–water partition coefficient (Wildman–Crippen LogP) is 4.87. The summed E-state index contributed by atoms with van der Waals surface area (Å²) in [5, 5.41) is 3.08. The SMILES string of the molecule is CCCc1cc(C)[nH]c(=O)c1CNC(=O)c1cc(-c2ccc(N3CCC(N)CC3)nc2)cc(N(CC)C2CCOCC2)c1C. The topological polar surface area (TPSA) is 117 Å². The van der Waals surface area contributed by atoms with Gasteiger partial charge in [0.2, 0.25) is 0 Å². The molecule has 0 bridgehead atoms. The molecular weight excluding hydrogens is 552 g/mol. The molecule has 236 valence electrons. The van der Waals surface area contributed by atoms with E-state index in [0.29, 0.717) is 17.2 Å². The summed E-state index contributed by atoms with van der Waals surface area (Å²) in [6, 6.07) is 11.0. The lowest BCUT2D eigenvalue weighted by molar-refractivity contribution is 0.0846. The number of H-pyrrole nitrogens is 1. The number of carbonyl (C=O) groups is 1. The Hall–Kier alpha value is -3.69. The van der Waals surface area contributed by atoms with Crippen molar-refractivity contribution in [2.24, 2.45) is 5.73 Å². The molecule has 2 saturated heterocycles. The number of aromatic amines is 1. The van der Waals surface area contributed by atoms with Crippen LogP contribution in [0, 0.1) is 13.8 Å². The smallest absolute Gasteiger partial charge is 0.253 e. The van der Waals surface area contributed by atoms with Gasteiger partial charge < -0.3 is 30.6 Å². The standard InChI is InChI=1S/C35H48N6O3/c1-5-7-25-18-23(3)39-35(43)31(25)22-38-34(42)30-19-27(20-32(24(30)4)41(6-2)29-12-16-44-17-13-29)26-8-9-33(37-21-26)40-14-10-28(36)11-15-40/h8-9,18-21,28-29H,5-7,10-17,22,36H2,1-4H3,(H,38,42)(H,39,43). The lowest BCUT2D eigenvalue weighted by Gasteiger charge is -2.37. The van der Waals surface area contributed by atoms with E-state index in [2.05, 4.69) is 52.1 Å². The fourth-order valence-corrected chi connectivity index (χ4v) is 6.63. The lowest BCUT2D eigenvalue weighted by Crippen LogP contribution is -2.40. The van der Waals surface area contributed by atoms with Crippen LogP contribution in [0.5, 0.6) is 0 Å². The molecule has 5 rings (SSSR count). The predicted molar refractivity (Wildman–Crippen MR) is 178 cm³/mol. The number of aryl methyl sites for hydroxylation is 2. The monoisotopic (exact) mass is 600 g/mol. The molecule has 9 heteroatoms. The van der Waals surface area contributed by atoms with Crippen molar-refractivity contribution in [2.75, 3.05) is 42.6 Å². The molecule has 1 amide bonds. The fourth-order valence-electron chi connectivity index (χ4n) is 6.63. The third-order valence-corrected chi connectivity index (χ3v) is 9.16. The second kappa shape index (κ2) is 14.4. The van der Waals surface area contributed by atoms with E-state index in [1.54, 1.807) is 0 Å². The second-order valence-electron chi connectivity index (χ2n) is 12.2. The van der Waals surface area contributed by atoms with Gasteiger partial charge in [0, 0.05) is 85.7 Å². The first kappa shape index (κ1) is 31.7. The molecule has 2 aromatic heterocycles. The van der Waals surface area contributed by atoms with Crippen LogP contribution in [-0.2, 0) is 17.7 Å². The number of rotatable bonds is 10. The Labute approximate surface area is 261 Å². The number of piperidine rings is 1. The Kier molecular flexibility index (Phi) is 10.4. The highest BCUT2D eigenvalue weighted by Crippen LogP contribution is 2.34. The van der Waals surface area contributed by atoms with Gasteiger partial charge in [0.15, 0.2) is 0 Å². The van der Waals surface area contributed by atoms with Crippen LogP contribution >= 0.6 is 0 Å². The summed E-state index contributed by atoms with van der Waals surface area (Å²) in [5.74, 6) is 0.764. The molecule has 0 atom stereocenters. The number of amides is 1. The van der Waals surface area contributed by atoms with Gasteiger partial charge in [-0.15, -0.1) is 0 Å². The number of anilines is 2. The summed E-state index contributed by atoms with van der Waals surface area (Å²) in [5.41, 5.74) is 12.9. The maximum absolute atomic E-state index is 13.9. The summed E-state index contributed by atoms with van der Waals surface area (Å²) < 4.78 is 5.66. The molecule has 9 nitrogen and oxygen atoms in total. The number of hydrogen-bond donors (Lipinski definition) is 3. The molecule has 4 N–H and O–H groups in total. The molecule has 2 aliphatic heterocycles. The highest BCUT2D eigenvalue weighted by Gasteiger charge is 2.25. The van der Waals surface area contributed by atoms with Gasteiger partial charge in [-0.3, -0.25) is 9.59 Å². The molecule has 2 aliphatic rings. The molecule has 44 heavy (non-hydrogen) atoms. The van der Waals surface area contributed by atoms with Crippen LogP contribution in [0.1, 0.15) is 78.7 Å². The van der Waals surface area contributed by atoms with Crippen LogP contribution < -0.4 is 26.4 Å². The van der Waals surface area contributed by atoms with Crippen molar-refractivity contribution in [1.82, 2.24) is 15.3 Å². The third-order valence-electron chi connectivity index (χ3n) is 9.16. The summed E-state index contributed by atoms with van der Waals surface area (Å²) in [7, 11) is 0. The molecule has 0 radical (unpaired) electrons. The number of nitrogens with two attached hydrogens (primary N) is 1. The number of pyridine rings is 2. The van der Waals surface area contributed by atoms with Crippen LogP contribution in [0.25, 0.3) is 11.1 Å². The summed E-state index contributed by atoms with van der Waals surface area (Å²) in [6.07, 6.45) is 7.46. The van der Waals surface area contributed by atoms with Crippen molar-refractivity contribution in [3.63, 3.8) is 0 Å². The Bertz CT molecular complexity index is 1490. The molecule has 2 fully saturated rings. The van der Waals surface area contributed by atoms with E-state index in [4.69, 9.17) is 15.5 Å². The van der Waals surface area contributed by atoms with Crippen LogP contribution in [0.2, 0.25) is 0 Å². The summed E-state index contributed by atoms with van der Waals surface area (Å²) >= 11 is 0. The zero-order valence-electron chi connectivity index (χ0n) is 26.7. The Morgan fingerprint density at radius 3 is 2.50 bits per heavy atom. The molecule has 0 spiro atoms. The average molecular weight is 601 g/mol. The Balaban J connectivity index is 1.48. The van der Waals surface area contributed by atoms with E-state index in [-0.39, 0.29) is 24.1 Å². The van der Waals surface area contributed by atoms with Gasteiger partial charge in [-0.2, -0.15) is 0 Å². The maximum atomic E-state index is 13.9. The van der Waals surface area contributed by atoms with Gasteiger partial charge >= 0.3 is 0 Å². The zero-order chi connectivity index (χ0) is 31.2. The molecule has 0 aliphatic carbocycles. The molecule has 0 unspecified atom stereocenters. The van der Waals surface area contributed by atoms with E-state index in [9.17, 15) is 9.59 Å². The third kappa shape index (κ3) is 7.16. The number of aromatic nitrogens is 2. The number of ether oxygens (including phenoxy) is 1. The minimum absolute atomic E-state index is 0.140. The van der Waals surface area contributed by atoms with Crippen molar-refractivity contribution in [2.45, 2.75) is 84.8 Å². The molecular formula is C35H48N6O3. The molecule has 3 aromatic rings. The molecule has 0 saturated carbocycles. The van der Waals surface area contributed by atoms with Gasteiger partial charge in [0.1, 0.15) is 5.82 Å². The average Bonchev–Trinajstić information content (AvgIpc) is 3.03. The van der Waals surface area contributed by atoms with E-state index < -0.39 is 0 Å². The largest absolute Gasteiger partial charge is 0.381 e. The highest BCUT2D eigenvalue weighted by atomic mass is 16.5. The van der Waals surface area contributed by atoms with Crippen LogP contribution in [0.15, 0.2) is 41.3 Å². The number of hydrogen-bond acceptors (Lipinski definition) is 7. The van der Waals surface area contributed by atoms with Gasteiger partial charge in [0.05, 0.1) is 0 Å². The summed E-state index contributed by atoms with van der Waals surface area (Å²) in [6.45, 7) is 12.5. The van der Waals surface area contributed by atoms with Crippen molar-refractivity contribution >= 4 is 17.4 Å². The Morgan fingerprint density at radius 1 is 1.09 bits per heavy atom.